The number of benzene rings is 2. The molecule has 0 spiro atoms. The molecule has 0 saturated heterocycles. The van der Waals surface area contributed by atoms with E-state index in [-0.39, 0.29) is 23.0 Å². The Hall–Kier alpha value is -3.30. The summed E-state index contributed by atoms with van der Waals surface area (Å²) in [6, 6.07) is 5.55. The molecule has 0 unspecified atom stereocenters. The predicted molar refractivity (Wildman–Crippen MR) is 78.2 cm³/mol. The van der Waals surface area contributed by atoms with E-state index >= 15 is 0 Å². The van der Waals surface area contributed by atoms with Crippen molar-refractivity contribution in [1.82, 2.24) is 0 Å². The van der Waals surface area contributed by atoms with E-state index in [1.807, 2.05) is 0 Å². The standard InChI is InChI=1S/2C8H5F3O2/c2*9-7(10)8(11)13-6-3-1-5(12)2-4-6/h2*1-4,12H. The molecule has 0 aromatic heterocycles. The molecular formula is C16H10F6O4. The summed E-state index contributed by atoms with van der Waals surface area (Å²) in [4.78, 5) is 0. The number of aromatic hydroxyl groups is 2. The van der Waals surface area contributed by atoms with Crippen molar-refractivity contribution in [3.05, 3.63) is 72.7 Å². The van der Waals surface area contributed by atoms with Crippen LogP contribution in [0.25, 0.3) is 0 Å². The fraction of sp³-hybridized carbons (Fsp3) is 0. The van der Waals surface area contributed by atoms with Gasteiger partial charge in [0.15, 0.2) is 0 Å². The van der Waals surface area contributed by atoms with Gasteiger partial charge in [-0.3, -0.25) is 0 Å². The van der Waals surface area contributed by atoms with E-state index in [1.54, 1.807) is 0 Å². The molecule has 0 radical (unpaired) electrons. The van der Waals surface area contributed by atoms with Crippen LogP contribution in [0.1, 0.15) is 0 Å². The van der Waals surface area contributed by atoms with Crippen molar-refractivity contribution >= 4 is 0 Å². The van der Waals surface area contributed by atoms with Gasteiger partial charge < -0.3 is 19.7 Å². The Kier molecular flexibility index (Phi) is 7.87. The zero-order valence-electron chi connectivity index (χ0n) is 12.6. The molecule has 2 aromatic rings. The minimum Gasteiger partial charge on any atom is -0.508 e. The first-order valence-corrected chi connectivity index (χ1v) is 6.54. The summed E-state index contributed by atoms with van der Waals surface area (Å²) in [5, 5.41) is 17.6. The van der Waals surface area contributed by atoms with Gasteiger partial charge in [0, 0.05) is 0 Å². The average Bonchev–Trinajstić information content (AvgIpc) is 2.59. The van der Waals surface area contributed by atoms with Crippen LogP contribution in [0.2, 0.25) is 0 Å². The summed E-state index contributed by atoms with van der Waals surface area (Å²) in [5.74, 6) is -0.332. The van der Waals surface area contributed by atoms with Gasteiger partial charge >= 0.3 is 24.2 Å². The Balaban J connectivity index is 0.000000260. The molecule has 0 heterocycles. The minimum atomic E-state index is -2.52. The van der Waals surface area contributed by atoms with Crippen LogP contribution in [-0.4, -0.2) is 10.2 Å². The summed E-state index contributed by atoms with van der Waals surface area (Å²) in [5.41, 5.74) is 0. The van der Waals surface area contributed by atoms with Crippen molar-refractivity contribution < 1.29 is 46.0 Å². The molecule has 26 heavy (non-hydrogen) atoms. The Morgan fingerprint density at radius 3 is 1.04 bits per heavy atom. The molecule has 140 valence electrons. The van der Waals surface area contributed by atoms with Crippen molar-refractivity contribution in [3.63, 3.8) is 0 Å². The number of phenols is 2. The molecule has 10 heteroatoms. The normalized spacial score (nSPS) is 9.46. The van der Waals surface area contributed by atoms with Crippen LogP contribution in [0.15, 0.2) is 72.7 Å². The Labute approximate surface area is 142 Å². The molecule has 2 N–H and O–H groups in total. The van der Waals surface area contributed by atoms with Crippen LogP contribution in [0.5, 0.6) is 23.0 Å². The first-order chi connectivity index (χ1) is 12.2. The fourth-order valence-corrected chi connectivity index (χ4v) is 1.31. The molecule has 4 nitrogen and oxygen atoms in total. The lowest BCUT2D eigenvalue weighted by molar-refractivity contribution is 0.241. The van der Waals surface area contributed by atoms with Crippen molar-refractivity contribution in [1.29, 1.82) is 0 Å². The molecule has 0 aliphatic carbocycles. The quantitative estimate of drug-likeness (QED) is 0.535. The molecule has 2 aromatic carbocycles. The van der Waals surface area contributed by atoms with Crippen molar-refractivity contribution in [2.24, 2.45) is 0 Å². The molecule has 0 fully saturated rings. The van der Waals surface area contributed by atoms with Gasteiger partial charge in [0.05, 0.1) is 0 Å². The van der Waals surface area contributed by atoms with E-state index in [2.05, 4.69) is 9.47 Å². The highest BCUT2D eigenvalue weighted by atomic mass is 19.3. The summed E-state index contributed by atoms with van der Waals surface area (Å²) in [7, 11) is 0. The minimum absolute atomic E-state index is 0.0579. The number of phenolic OH excluding ortho intramolecular Hbond substituents is 2. The third-order valence-electron chi connectivity index (χ3n) is 2.39. The summed E-state index contributed by atoms with van der Waals surface area (Å²) >= 11 is 0. The Morgan fingerprint density at radius 1 is 0.538 bits per heavy atom. The first-order valence-electron chi connectivity index (χ1n) is 6.54. The first kappa shape index (κ1) is 20.7. The van der Waals surface area contributed by atoms with Crippen LogP contribution in [-0.2, 0) is 0 Å². The van der Waals surface area contributed by atoms with Gasteiger partial charge in [0.1, 0.15) is 23.0 Å². The predicted octanol–water partition coefficient (Wildman–Crippen LogP) is 5.61. The summed E-state index contributed by atoms with van der Waals surface area (Å²) < 4.78 is 78.6. The van der Waals surface area contributed by atoms with Gasteiger partial charge in [-0.05, 0) is 48.5 Å². The molecule has 2 rings (SSSR count). The molecule has 0 amide bonds. The second-order valence-corrected chi connectivity index (χ2v) is 4.26. The van der Waals surface area contributed by atoms with Gasteiger partial charge in [-0.15, -0.1) is 0 Å². The highest BCUT2D eigenvalue weighted by molar-refractivity contribution is 5.31. The number of hydrogen-bond acceptors (Lipinski definition) is 4. The molecule has 0 atom stereocenters. The lowest BCUT2D eigenvalue weighted by atomic mass is 10.3. The number of hydrogen-bond donors (Lipinski definition) is 2. The largest absolute Gasteiger partial charge is 0.508 e. The smallest absolute Gasteiger partial charge is 0.344 e. The third-order valence-corrected chi connectivity index (χ3v) is 2.39. The van der Waals surface area contributed by atoms with E-state index in [0.717, 1.165) is 24.3 Å². The second kappa shape index (κ2) is 9.87. The van der Waals surface area contributed by atoms with Crippen molar-refractivity contribution in [2.45, 2.75) is 0 Å². The molecule has 0 saturated carbocycles. The zero-order valence-corrected chi connectivity index (χ0v) is 12.6. The van der Waals surface area contributed by atoms with Crippen LogP contribution >= 0.6 is 0 Å². The third kappa shape index (κ3) is 7.51. The lowest BCUT2D eigenvalue weighted by Gasteiger charge is -2.00. The zero-order chi connectivity index (χ0) is 19.7. The van der Waals surface area contributed by atoms with E-state index in [9.17, 15) is 26.3 Å². The second-order valence-electron chi connectivity index (χ2n) is 4.26. The number of ether oxygens (including phenoxy) is 2. The van der Waals surface area contributed by atoms with Gasteiger partial charge in [-0.25, -0.2) is 0 Å². The van der Waals surface area contributed by atoms with Gasteiger partial charge in [0.2, 0.25) is 0 Å². The molecule has 0 aliphatic heterocycles. The average molecular weight is 380 g/mol. The molecule has 0 aliphatic rings. The molecular weight excluding hydrogens is 370 g/mol. The maximum absolute atomic E-state index is 12.2. The van der Waals surface area contributed by atoms with Crippen LogP contribution in [0.3, 0.4) is 0 Å². The van der Waals surface area contributed by atoms with E-state index in [1.165, 1.54) is 24.3 Å². The Morgan fingerprint density at radius 2 is 0.808 bits per heavy atom. The summed E-state index contributed by atoms with van der Waals surface area (Å²) in [6.45, 7) is 0. The van der Waals surface area contributed by atoms with Gasteiger partial charge in [-0.1, -0.05) is 0 Å². The van der Waals surface area contributed by atoms with Crippen LogP contribution < -0.4 is 9.47 Å². The van der Waals surface area contributed by atoms with Crippen LogP contribution in [0.4, 0.5) is 26.3 Å². The van der Waals surface area contributed by atoms with E-state index in [0.29, 0.717) is 0 Å². The van der Waals surface area contributed by atoms with Gasteiger partial charge in [0.25, 0.3) is 0 Å². The van der Waals surface area contributed by atoms with Crippen LogP contribution in [0, 0.1) is 0 Å². The molecule has 0 bridgehead atoms. The van der Waals surface area contributed by atoms with Crippen molar-refractivity contribution in [2.75, 3.05) is 0 Å². The van der Waals surface area contributed by atoms with Crippen molar-refractivity contribution in [3.8, 4) is 23.0 Å². The maximum Gasteiger partial charge on any atom is 0.344 e. The monoisotopic (exact) mass is 380 g/mol. The van der Waals surface area contributed by atoms with Gasteiger partial charge in [-0.2, -0.15) is 26.3 Å². The van der Waals surface area contributed by atoms with E-state index < -0.39 is 24.2 Å². The summed E-state index contributed by atoms with van der Waals surface area (Å²) in [6.07, 6.45) is -5.04. The SMILES string of the molecule is Oc1ccc(OC(F)=C(F)F)cc1.Oc1ccc(OC(F)=C(F)F)cc1. The maximum atomic E-state index is 12.2. The number of rotatable bonds is 4. The highest BCUT2D eigenvalue weighted by Crippen LogP contribution is 2.21. The fourth-order valence-electron chi connectivity index (χ4n) is 1.31. The Bertz CT molecular complexity index is 697. The topological polar surface area (TPSA) is 58.9 Å². The lowest BCUT2D eigenvalue weighted by Crippen LogP contribution is -1.89. The number of halogens is 6. The highest BCUT2D eigenvalue weighted by Gasteiger charge is 2.07. The van der Waals surface area contributed by atoms with E-state index in [4.69, 9.17) is 10.2 Å².